The molecule has 27 heavy (non-hydrogen) atoms. The summed E-state index contributed by atoms with van der Waals surface area (Å²) in [5, 5.41) is 3.05. The summed E-state index contributed by atoms with van der Waals surface area (Å²) in [5.74, 6) is 0.515. The standard InChI is InChI=1S/C20H31N3O3S/c1-4-15(2)17-5-9-19(10-6-17)27(25,26)23-13-11-22(12-14-23)16(3)20(24)21-18-7-8-18/h5-6,9-10,15-16,18H,4,7-8,11-14H2,1-3H3,(H,21,24)/p+1/t15-,16-/m0/s1. The van der Waals surface area contributed by atoms with Gasteiger partial charge in [-0.15, -0.1) is 0 Å². The Labute approximate surface area is 163 Å². The van der Waals surface area contributed by atoms with E-state index in [2.05, 4.69) is 19.2 Å². The first-order valence-corrected chi connectivity index (χ1v) is 11.5. The predicted octanol–water partition coefficient (Wildman–Crippen LogP) is 0.756. The minimum atomic E-state index is -3.47. The third kappa shape index (κ3) is 4.70. The van der Waals surface area contributed by atoms with Crippen LogP contribution in [0.5, 0.6) is 0 Å². The molecule has 2 aliphatic rings. The van der Waals surface area contributed by atoms with Crippen molar-refractivity contribution in [3.63, 3.8) is 0 Å². The summed E-state index contributed by atoms with van der Waals surface area (Å²) in [6, 6.07) is 7.52. The maximum Gasteiger partial charge on any atom is 0.278 e. The maximum atomic E-state index is 12.9. The molecule has 150 valence electrons. The molecule has 1 saturated carbocycles. The molecular weight excluding hydrogens is 362 g/mol. The van der Waals surface area contributed by atoms with Crippen LogP contribution in [-0.4, -0.2) is 56.9 Å². The number of sulfonamides is 1. The van der Waals surface area contributed by atoms with Crippen molar-refractivity contribution in [3.05, 3.63) is 29.8 Å². The highest BCUT2D eigenvalue weighted by atomic mass is 32.2. The Morgan fingerprint density at radius 3 is 2.30 bits per heavy atom. The minimum absolute atomic E-state index is 0.0874. The van der Waals surface area contributed by atoms with Gasteiger partial charge in [-0.25, -0.2) is 8.42 Å². The number of quaternary nitrogens is 1. The first-order chi connectivity index (χ1) is 12.8. The van der Waals surface area contributed by atoms with Crippen LogP contribution in [0.2, 0.25) is 0 Å². The summed E-state index contributed by atoms with van der Waals surface area (Å²) in [4.78, 5) is 13.8. The van der Waals surface area contributed by atoms with Gasteiger partial charge in [-0.1, -0.05) is 26.0 Å². The molecule has 1 heterocycles. The van der Waals surface area contributed by atoms with Crippen molar-refractivity contribution in [2.45, 2.75) is 62.9 Å². The van der Waals surface area contributed by atoms with E-state index in [1.807, 2.05) is 19.1 Å². The highest BCUT2D eigenvalue weighted by molar-refractivity contribution is 7.89. The number of nitrogens with one attached hydrogen (secondary N) is 2. The van der Waals surface area contributed by atoms with Crippen molar-refractivity contribution in [1.29, 1.82) is 0 Å². The van der Waals surface area contributed by atoms with Crippen molar-refractivity contribution >= 4 is 15.9 Å². The molecule has 1 amide bonds. The average Bonchev–Trinajstić information content (AvgIpc) is 3.51. The smallest absolute Gasteiger partial charge is 0.278 e. The van der Waals surface area contributed by atoms with Crippen LogP contribution in [0.3, 0.4) is 0 Å². The van der Waals surface area contributed by atoms with Crippen LogP contribution in [-0.2, 0) is 14.8 Å². The lowest BCUT2D eigenvalue weighted by molar-refractivity contribution is -0.917. The van der Waals surface area contributed by atoms with E-state index in [1.54, 1.807) is 16.4 Å². The number of piperazine rings is 1. The molecular formula is C20H32N3O3S+. The molecule has 1 aromatic carbocycles. The van der Waals surface area contributed by atoms with Crippen LogP contribution < -0.4 is 10.2 Å². The van der Waals surface area contributed by atoms with Gasteiger partial charge in [0.15, 0.2) is 6.04 Å². The number of nitrogens with zero attached hydrogens (tertiary/aromatic N) is 1. The Morgan fingerprint density at radius 1 is 1.19 bits per heavy atom. The lowest BCUT2D eigenvalue weighted by Crippen LogP contribution is -3.19. The van der Waals surface area contributed by atoms with Crippen LogP contribution in [0.4, 0.5) is 0 Å². The summed E-state index contributed by atoms with van der Waals surface area (Å²) in [7, 11) is -3.47. The fraction of sp³-hybridized carbons (Fsp3) is 0.650. The van der Waals surface area contributed by atoms with Gasteiger partial charge in [-0.3, -0.25) is 4.79 Å². The van der Waals surface area contributed by atoms with E-state index >= 15 is 0 Å². The first kappa shape index (κ1) is 20.3. The quantitative estimate of drug-likeness (QED) is 0.717. The molecule has 0 aromatic heterocycles. The SMILES string of the molecule is CC[C@H](C)c1ccc(S(=O)(=O)N2CC[NH+]([C@@H](C)C(=O)NC3CC3)CC2)cc1. The second kappa shape index (κ2) is 8.29. The molecule has 2 N–H and O–H groups in total. The van der Waals surface area contributed by atoms with Crippen LogP contribution >= 0.6 is 0 Å². The molecule has 3 rings (SSSR count). The molecule has 1 aliphatic carbocycles. The zero-order valence-corrected chi connectivity index (χ0v) is 17.4. The van der Waals surface area contributed by atoms with Crippen LogP contribution in [0, 0.1) is 0 Å². The molecule has 0 bridgehead atoms. The third-order valence-electron chi connectivity index (χ3n) is 5.99. The van der Waals surface area contributed by atoms with Crippen molar-refractivity contribution in [1.82, 2.24) is 9.62 Å². The molecule has 0 spiro atoms. The monoisotopic (exact) mass is 394 g/mol. The van der Waals surface area contributed by atoms with Gasteiger partial charge in [-0.2, -0.15) is 4.31 Å². The molecule has 1 aromatic rings. The Balaban J connectivity index is 1.59. The minimum Gasteiger partial charge on any atom is -0.348 e. The highest BCUT2D eigenvalue weighted by Gasteiger charge is 2.35. The van der Waals surface area contributed by atoms with E-state index in [9.17, 15) is 13.2 Å². The van der Waals surface area contributed by atoms with E-state index in [-0.39, 0.29) is 11.9 Å². The number of amides is 1. The van der Waals surface area contributed by atoms with Gasteiger partial charge < -0.3 is 10.2 Å². The summed E-state index contributed by atoms with van der Waals surface area (Å²) >= 11 is 0. The molecule has 1 aliphatic heterocycles. The van der Waals surface area contributed by atoms with Gasteiger partial charge in [0.2, 0.25) is 10.0 Å². The molecule has 0 unspecified atom stereocenters. The van der Waals surface area contributed by atoms with E-state index in [1.165, 1.54) is 5.56 Å². The second-order valence-corrected chi connectivity index (χ2v) is 9.88. The topological polar surface area (TPSA) is 70.9 Å². The molecule has 2 fully saturated rings. The number of hydrogen-bond donors (Lipinski definition) is 2. The molecule has 6 nitrogen and oxygen atoms in total. The number of benzene rings is 1. The fourth-order valence-electron chi connectivity index (χ4n) is 3.54. The largest absolute Gasteiger partial charge is 0.348 e. The Kier molecular flexibility index (Phi) is 6.23. The zero-order chi connectivity index (χ0) is 19.6. The lowest BCUT2D eigenvalue weighted by atomic mass is 9.99. The molecule has 1 saturated heterocycles. The van der Waals surface area contributed by atoms with Crippen molar-refractivity contribution in [2.24, 2.45) is 0 Å². The van der Waals surface area contributed by atoms with Gasteiger partial charge in [0.25, 0.3) is 5.91 Å². The maximum absolute atomic E-state index is 12.9. The van der Waals surface area contributed by atoms with E-state index in [0.29, 0.717) is 43.0 Å². The first-order valence-electron chi connectivity index (χ1n) is 10.1. The van der Waals surface area contributed by atoms with Crippen LogP contribution in [0.15, 0.2) is 29.2 Å². The number of rotatable bonds is 7. The van der Waals surface area contributed by atoms with Gasteiger partial charge in [0.1, 0.15) is 0 Å². The van der Waals surface area contributed by atoms with Gasteiger partial charge in [-0.05, 0) is 49.8 Å². The van der Waals surface area contributed by atoms with Crippen molar-refractivity contribution in [3.8, 4) is 0 Å². The molecule has 0 radical (unpaired) electrons. The number of hydrogen-bond acceptors (Lipinski definition) is 3. The van der Waals surface area contributed by atoms with Gasteiger partial charge >= 0.3 is 0 Å². The van der Waals surface area contributed by atoms with Gasteiger partial charge in [0.05, 0.1) is 31.1 Å². The zero-order valence-electron chi connectivity index (χ0n) is 16.6. The normalized spacial score (nSPS) is 21.6. The second-order valence-electron chi connectivity index (χ2n) is 7.95. The summed E-state index contributed by atoms with van der Waals surface area (Å²) in [6.45, 7) is 8.42. The van der Waals surface area contributed by atoms with Crippen molar-refractivity contribution in [2.75, 3.05) is 26.2 Å². The van der Waals surface area contributed by atoms with E-state index < -0.39 is 10.0 Å². The Morgan fingerprint density at radius 2 is 1.78 bits per heavy atom. The van der Waals surface area contributed by atoms with E-state index in [4.69, 9.17) is 0 Å². The third-order valence-corrected chi connectivity index (χ3v) is 7.91. The fourth-order valence-corrected chi connectivity index (χ4v) is 4.98. The van der Waals surface area contributed by atoms with E-state index in [0.717, 1.165) is 24.2 Å². The lowest BCUT2D eigenvalue weighted by Gasteiger charge is -2.34. The van der Waals surface area contributed by atoms with Crippen molar-refractivity contribution < 1.29 is 18.1 Å². The molecule has 2 atom stereocenters. The highest BCUT2D eigenvalue weighted by Crippen LogP contribution is 2.22. The van der Waals surface area contributed by atoms with Gasteiger partial charge in [0, 0.05) is 6.04 Å². The average molecular weight is 395 g/mol. The predicted molar refractivity (Wildman–Crippen MR) is 105 cm³/mol. The summed E-state index contributed by atoms with van der Waals surface area (Å²) in [5.41, 5.74) is 1.17. The summed E-state index contributed by atoms with van der Waals surface area (Å²) < 4.78 is 27.4. The number of carbonyl (C=O) groups is 1. The molecule has 7 heteroatoms. The summed E-state index contributed by atoms with van der Waals surface area (Å²) in [6.07, 6.45) is 3.19. The number of carbonyl (C=O) groups excluding carboxylic acids is 1. The Hall–Kier alpha value is -1.44. The van der Waals surface area contributed by atoms with Crippen LogP contribution in [0.1, 0.15) is 51.5 Å². The van der Waals surface area contributed by atoms with Crippen LogP contribution in [0.25, 0.3) is 0 Å². The Bertz CT molecular complexity index is 751.